The van der Waals surface area contributed by atoms with E-state index in [1.54, 1.807) is 0 Å². The van der Waals surface area contributed by atoms with E-state index in [4.69, 9.17) is 0 Å². The number of carbonyl (C=O) groups excluding carboxylic acids is 1. The maximum atomic E-state index is 13.2. The minimum atomic E-state index is -0.537. The molecule has 0 atom stereocenters. The number of aromatic nitrogens is 1. The highest BCUT2D eigenvalue weighted by Crippen LogP contribution is 2.22. The van der Waals surface area contributed by atoms with Crippen LogP contribution in [0.4, 0.5) is 4.39 Å². The van der Waals surface area contributed by atoms with Crippen molar-refractivity contribution in [1.82, 2.24) is 4.98 Å². The summed E-state index contributed by atoms with van der Waals surface area (Å²) < 4.78 is 13.2. The Morgan fingerprint density at radius 2 is 2.36 bits per heavy atom. The third kappa shape index (κ3) is 1.58. The van der Waals surface area contributed by atoms with Crippen LogP contribution in [0.5, 0.6) is 0 Å². The lowest BCUT2D eigenvalue weighted by atomic mass is 10.0. The summed E-state index contributed by atoms with van der Waals surface area (Å²) in [5, 5.41) is 0. The third-order valence-electron chi connectivity index (χ3n) is 2.35. The molecule has 0 bridgehead atoms. The molecule has 0 amide bonds. The Kier molecular flexibility index (Phi) is 2.39. The van der Waals surface area contributed by atoms with Crippen molar-refractivity contribution >= 4 is 5.78 Å². The quantitative estimate of drug-likeness (QED) is 0.672. The molecule has 0 N–H and O–H groups in total. The smallest absolute Gasteiger partial charge is 0.191 e. The maximum absolute atomic E-state index is 13.2. The van der Waals surface area contributed by atoms with Gasteiger partial charge < -0.3 is 0 Å². The number of ketones is 1. The Balaban J connectivity index is 2.31. The molecule has 0 fully saturated rings. The molecule has 1 aromatic heterocycles. The van der Waals surface area contributed by atoms with Crippen LogP contribution >= 0.6 is 0 Å². The van der Waals surface area contributed by atoms with Gasteiger partial charge in [0.15, 0.2) is 11.6 Å². The Labute approximate surface area is 81.5 Å². The van der Waals surface area contributed by atoms with Crippen LogP contribution < -0.4 is 0 Å². The average molecular weight is 191 g/mol. The fourth-order valence-corrected chi connectivity index (χ4v) is 1.61. The second kappa shape index (κ2) is 3.70. The maximum Gasteiger partial charge on any atom is 0.191 e. The molecular weight excluding hydrogens is 181 g/mol. The van der Waals surface area contributed by atoms with E-state index in [0.29, 0.717) is 0 Å². The Hall–Kier alpha value is -1.51. The molecule has 1 aliphatic rings. The van der Waals surface area contributed by atoms with Gasteiger partial charge in [-0.2, -0.15) is 0 Å². The molecule has 0 radical (unpaired) electrons. The number of allylic oxidation sites excluding steroid dienone is 2. The number of hydrogen-bond acceptors (Lipinski definition) is 2. The first-order valence-electron chi connectivity index (χ1n) is 4.62. The molecule has 3 heteroatoms. The molecule has 1 aromatic rings. The van der Waals surface area contributed by atoms with E-state index in [0.717, 1.165) is 31.0 Å². The zero-order chi connectivity index (χ0) is 9.97. The van der Waals surface area contributed by atoms with Crippen molar-refractivity contribution < 1.29 is 9.18 Å². The van der Waals surface area contributed by atoms with E-state index in [9.17, 15) is 9.18 Å². The van der Waals surface area contributed by atoms with E-state index in [1.807, 2.05) is 6.08 Å². The monoisotopic (exact) mass is 191 g/mol. The Morgan fingerprint density at radius 3 is 3.00 bits per heavy atom. The van der Waals surface area contributed by atoms with E-state index >= 15 is 0 Å². The molecule has 0 spiro atoms. The summed E-state index contributed by atoms with van der Waals surface area (Å²) in [7, 11) is 0. The number of pyridine rings is 1. The van der Waals surface area contributed by atoms with Gasteiger partial charge in [0.2, 0.25) is 0 Å². The summed E-state index contributed by atoms with van der Waals surface area (Å²) in [6, 6.07) is 1.43. The Bertz CT molecular complexity index is 398. The van der Waals surface area contributed by atoms with Crippen molar-refractivity contribution in [2.75, 3.05) is 0 Å². The van der Waals surface area contributed by atoms with Crippen LogP contribution in [0.25, 0.3) is 0 Å². The molecule has 0 aliphatic heterocycles. The van der Waals surface area contributed by atoms with Crippen LogP contribution in [0.15, 0.2) is 30.1 Å². The summed E-state index contributed by atoms with van der Waals surface area (Å²) in [6.07, 6.45) is 7.08. The highest BCUT2D eigenvalue weighted by molar-refractivity contribution is 6.08. The predicted molar refractivity (Wildman–Crippen MR) is 50.5 cm³/mol. The van der Waals surface area contributed by atoms with Gasteiger partial charge in [-0.05, 0) is 30.9 Å². The Morgan fingerprint density at radius 1 is 1.50 bits per heavy atom. The van der Waals surface area contributed by atoms with Crippen LogP contribution in [-0.4, -0.2) is 10.8 Å². The number of rotatable bonds is 2. The molecule has 1 aliphatic carbocycles. The number of nitrogens with zero attached hydrogens (tertiary/aromatic N) is 1. The van der Waals surface area contributed by atoms with Crippen LogP contribution in [0, 0.1) is 5.82 Å². The molecule has 72 valence electrons. The van der Waals surface area contributed by atoms with Gasteiger partial charge in [0.05, 0.1) is 11.8 Å². The summed E-state index contributed by atoms with van der Waals surface area (Å²) >= 11 is 0. The van der Waals surface area contributed by atoms with Crippen LogP contribution in [0.2, 0.25) is 0 Å². The van der Waals surface area contributed by atoms with Crippen molar-refractivity contribution in [3.63, 3.8) is 0 Å². The number of carbonyl (C=O) groups is 1. The molecule has 14 heavy (non-hydrogen) atoms. The lowest BCUT2D eigenvalue weighted by molar-refractivity contribution is 0.102. The normalized spacial score (nSPS) is 15.4. The average Bonchev–Trinajstić information content (AvgIpc) is 2.70. The standard InChI is InChI=1S/C11H10FNO/c12-10-7-13-6-5-9(10)11(14)8-3-1-2-4-8/h3,5-7H,1-2,4H2. The largest absolute Gasteiger partial charge is 0.289 e. The molecule has 0 unspecified atom stereocenters. The van der Waals surface area contributed by atoms with E-state index in [-0.39, 0.29) is 11.3 Å². The summed E-state index contributed by atoms with van der Waals surface area (Å²) in [4.78, 5) is 15.3. The molecular formula is C11H10FNO. The van der Waals surface area contributed by atoms with E-state index < -0.39 is 5.82 Å². The first kappa shape index (κ1) is 9.06. The molecule has 1 heterocycles. The highest BCUT2D eigenvalue weighted by Gasteiger charge is 2.18. The molecule has 2 rings (SSSR count). The van der Waals surface area contributed by atoms with Crippen molar-refractivity contribution in [1.29, 1.82) is 0 Å². The first-order chi connectivity index (χ1) is 6.79. The van der Waals surface area contributed by atoms with Gasteiger partial charge in [0.25, 0.3) is 0 Å². The minimum Gasteiger partial charge on any atom is -0.289 e. The van der Waals surface area contributed by atoms with Crippen molar-refractivity contribution in [2.24, 2.45) is 0 Å². The third-order valence-corrected chi connectivity index (χ3v) is 2.35. The topological polar surface area (TPSA) is 30.0 Å². The lowest BCUT2D eigenvalue weighted by Crippen LogP contribution is -2.04. The predicted octanol–water partition coefficient (Wildman–Crippen LogP) is 2.51. The fraction of sp³-hybridized carbons (Fsp3) is 0.273. The second-order valence-electron chi connectivity index (χ2n) is 3.31. The van der Waals surface area contributed by atoms with Crippen LogP contribution in [0.1, 0.15) is 29.6 Å². The molecule has 0 saturated heterocycles. The minimum absolute atomic E-state index is 0.133. The SMILES string of the molecule is O=C(C1=CCCC1)c1ccncc1F. The van der Waals surface area contributed by atoms with Crippen LogP contribution in [-0.2, 0) is 0 Å². The van der Waals surface area contributed by atoms with Gasteiger partial charge in [-0.3, -0.25) is 9.78 Å². The van der Waals surface area contributed by atoms with Gasteiger partial charge in [-0.15, -0.1) is 0 Å². The van der Waals surface area contributed by atoms with Crippen molar-refractivity contribution in [3.05, 3.63) is 41.5 Å². The van der Waals surface area contributed by atoms with Crippen molar-refractivity contribution in [3.8, 4) is 0 Å². The van der Waals surface area contributed by atoms with E-state index in [1.165, 1.54) is 12.3 Å². The summed E-state index contributed by atoms with van der Waals surface area (Å²) in [5.74, 6) is -0.729. The summed E-state index contributed by atoms with van der Waals surface area (Å²) in [6.45, 7) is 0. The molecule has 0 saturated carbocycles. The zero-order valence-corrected chi connectivity index (χ0v) is 7.66. The van der Waals surface area contributed by atoms with E-state index in [2.05, 4.69) is 4.98 Å². The fourth-order valence-electron chi connectivity index (χ4n) is 1.61. The summed E-state index contributed by atoms with van der Waals surface area (Å²) in [5.41, 5.74) is 0.864. The van der Waals surface area contributed by atoms with Gasteiger partial charge in [0.1, 0.15) is 0 Å². The second-order valence-corrected chi connectivity index (χ2v) is 3.31. The number of Topliss-reactive ketones (excluding diaryl/α,β-unsaturated/α-hetero) is 1. The first-order valence-corrected chi connectivity index (χ1v) is 4.62. The van der Waals surface area contributed by atoms with Gasteiger partial charge in [-0.25, -0.2) is 4.39 Å². The highest BCUT2D eigenvalue weighted by atomic mass is 19.1. The number of halogens is 1. The van der Waals surface area contributed by atoms with Gasteiger partial charge >= 0.3 is 0 Å². The van der Waals surface area contributed by atoms with Gasteiger partial charge in [0, 0.05) is 6.20 Å². The lowest BCUT2D eigenvalue weighted by Gasteiger charge is -2.01. The zero-order valence-electron chi connectivity index (χ0n) is 7.66. The number of hydrogen-bond donors (Lipinski definition) is 0. The van der Waals surface area contributed by atoms with Crippen LogP contribution in [0.3, 0.4) is 0 Å². The molecule has 2 nitrogen and oxygen atoms in total. The molecule has 0 aromatic carbocycles. The van der Waals surface area contributed by atoms with Crippen molar-refractivity contribution in [2.45, 2.75) is 19.3 Å². The van der Waals surface area contributed by atoms with Gasteiger partial charge in [-0.1, -0.05) is 6.08 Å².